The van der Waals surface area contributed by atoms with Gasteiger partial charge in [-0.15, -0.1) is 0 Å². The van der Waals surface area contributed by atoms with Gasteiger partial charge in [0.15, 0.2) is 5.65 Å². The van der Waals surface area contributed by atoms with E-state index in [-0.39, 0.29) is 12.5 Å². The van der Waals surface area contributed by atoms with Crippen LogP contribution in [0.3, 0.4) is 0 Å². The molecule has 0 fully saturated rings. The molecule has 2 atom stereocenters. The molecule has 0 radical (unpaired) electrons. The topological polar surface area (TPSA) is 105 Å². The van der Waals surface area contributed by atoms with E-state index in [0.717, 1.165) is 42.0 Å². The molecule has 3 heterocycles. The summed E-state index contributed by atoms with van der Waals surface area (Å²) in [6.45, 7) is 5.39. The number of ether oxygens (including phenoxy) is 1. The number of hydrogen-bond acceptors (Lipinski definition) is 7. The van der Waals surface area contributed by atoms with Gasteiger partial charge in [0.2, 0.25) is 10.0 Å². The summed E-state index contributed by atoms with van der Waals surface area (Å²) in [4.78, 5) is 21.1. The van der Waals surface area contributed by atoms with Gasteiger partial charge in [0.05, 0.1) is 13.2 Å². The van der Waals surface area contributed by atoms with Crippen molar-refractivity contribution in [1.82, 2.24) is 18.8 Å². The van der Waals surface area contributed by atoms with Crippen molar-refractivity contribution in [3.63, 3.8) is 0 Å². The highest BCUT2D eigenvalue weighted by molar-refractivity contribution is 7.91. The van der Waals surface area contributed by atoms with Crippen molar-refractivity contribution in [2.45, 2.75) is 44.1 Å². The second kappa shape index (κ2) is 12.2. The summed E-state index contributed by atoms with van der Waals surface area (Å²) in [5.41, 5.74) is 6.44. The van der Waals surface area contributed by atoms with Crippen LogP contribution in [0.2, 0.25) is 0 Å². The number of rotatable bonds is 8. The number of amides is 1. The Morgan fingerprint density at radius 1 is 1.17 bits per heavy atom. The summed E-state index contributed by atoms with van der Waals surface area (Å²) >= 11 is 0. The molecular formula is C36H40N4O5S. The highest BCUT2D eigenvalue weighted by atomic mass is 32.2. The molecule has 1 N–H and O–H groups in total. The van der Waals surface area contributed by atoms with E-state index in [1.807, 2.05) is 42.5 Å². The van der Waals surface area contributed by atoms with Gasteiger partial charge in [-0.1, -0.05) is 30.4 Å². The Morgan fingerprint density at radius 3 is 2.65 bits per heavy atom. The summed E-state index contributed by atoms with van der Waals surface area (Å²) in [6, 6.07) is 14.9. The zero-order valence-corrected chi connectivity index (χ0v) is 27.7. The molecule has 10 heteroatoms. The number of aliphatic hydroxyl groups is 1. The molecule has 6 rings (SSSR count). The Balaban J connectivity index is 1.38. The van der Waals surface area contributed by atoms with E-state index in [2.05, 4.69) is 23.0 Å². The minimum absolute atomic E-state index is 0.205. The highest BCUT2D eigenvalue weighted by Gasteiger charge is 2.41. The van der Waals surface area contributed by atoms with Crippen LogP contribution < -0.4 is 4.74 Å². The average Bonchev–Trinajstić information content (AvgIpc) is 3.44. The summed E-state index contributed by atoms with van der Waals surface area (Å²) in [6.07, 6.45) is 9.59. The second-order valence-corrected chi connectivity index (χ2v) is 14.9. The predicted molar refractivity (Wildman–Crippen MR) is 181 cm³/mol. The van der Waals surface area contributed by atoms with Crippen LogP contribution in [0, 0.1) is 0 Å². The molecule has 2 aromatic carbocycles. The van der Waals surface area contributed by atoms with Crippen molar-refractivity contribution in [1.29, 1.82) is 0 Å². The monoisotopic (exact) mass is 640 g/mol. The van der Waals surface area contributed by atoms with Gasteiger partial charge >= 0.3 is 0 Å². The quantitative estimate of drug-likeness (QED) is 0.285. The fraction of sp³-hybridized carbons (Fsp3) is 0.333. The minimum Gasteiger partial charge on any atom is -0.496 e. The average molecular weight is 641 g/mol. The van der Waals surface area contributed by atoms with Gasteiger partial charge in [0.1, 0.15) is 10.5 Å². The van der Waals surface area contributed by atoms with E-state index in [1.54, 1.807) is 58.6 Å². The number of likely N-dealkylation sites (N-methyl/N-ethyl adjacent to an activating group) is 2. The van der Waals surface area contributed by atoms with Gasteiger partial charge in [0.25, 0.3) is 5.91 Å². The zero-order valence-electron chi connectivity index (χ0n) is 26.9. The van der Waals surface area contributed by atoms with Crippen molar-refractivity contribution >= 4 is 32.5 Å². The lowest BCUT2D eigenvalue weighted by molar-refractivity contribution is 0.0703. The number of hydrogen-bond donors (Lipinski definition) is 1. The Bertz CT molecular complexity index is 1980. The molecule has 0 saturated heterocycles. The Morgan fingerprint density at radius 2 is 1.93 bits per heavy atom. The van der Waals surface area contributed by atoms with Crippen LogP contribution in [-0.2, 0) is 23.0 Å². The van der Waals surface area contributed by atoms with Crippen LogP contribution in [0.25, 0.3) is 27.7 Å². The maximum absolute atomic E-state index is 14.6. The third-order valence-corrected chi connectivity index (χ3v) is 11.3. The Hall–Kier alpha value is -4.25. The molecule has 1 unspecified atom stereocenters. The number of methoxy groups -OCH3 is 1. The van der Waals surface area contributed by atoms with E-state index in [9.17, 15) is 18.3 Å². The van der Waals surface area contributed by atoms with Crippen LogP contribution in [0.5, 0.6) is 5.75 Å². The predicted octanol–water partition coefficient (Wildman–Crippen LogP) is 5.13. The number of carbonyl (C=O) groups is 1. The van der Waals surface area contributed by atoms with E-state index >= 15 is 0 Å². The number of aromatic nitrogens is 2. The fourth-order valence-electron chi connectivity index (χ4n) is 6.53. The fourth-order valence-corrected chi connectivity index (χ4v) is 8.17. The molecule has 46 heavy (non-hydrogen) atoms. The van der Waals surface area contributed by atoms with Gasteiger partial charge in [0, 0.05) is 55.6 Å². The number of aliphatic hydroxyl groups excluding tert-OH is 1. The molecule has 1 aliphatic heterocycles. The van der Waals surface area contributed by atoms with Crippen molar-refractivity contribution in [3.05, 3.63) is 101 Å². The number of allylic oxidation sites excluding steroid dienone is 3. The summed E-state index contributed by atoms with van der Waals surface area (Å²) in [5, 5.41) is 10.4. The summed E-state index contributed by atoms with van der Waals surface area (Å²) in [5.74, 6) is 0.626. The van der Waals surface area contributed by atoms with Crippen LogP contribution in [0.1, 0.15) is 47.3 Å². The van der Waals surface area contributed by atoms with Crippen molar-refractivity contribution in [3.8, 4) is 16.9 Å². The molecule has 1 aliphatic carbocycles. The van der Waals surface area contributed by atoms with Crippen molar-refractivity contribution in [2.75, 3.05) is 34.3 Å². The third-order valence-electron chi connectivity index (χ3n) is 9.03. The number of carbonyl (C=O) groups excluding carboxylic acids is 1. The van der Waals surface area contributed by atoms with Crippen LogP contribution in [0.15, 0.2) is 79.2 Å². The second-order valence-electron chi connectivity index (χ2n) is 12.7. The SMILES string of the molecule is COc1cc(C2=C[C@](C)(S(=O)(=O)n3cc(-c4ccc(C(=O)N(C)CC(C)O)cc4)c4cccnc43)CC=C2)cc2c1CCN(C)C2. The molecule has 9 nitrogen and oxygen atoms in total. The maximum Gasteiger partial charge on any atom is 0.253 e. The first kappa shape index (κ1) is 31.7. The lowest BCUT2D eigenvalue weighted by Crippen LogP contribution is -2.38. The number of fused-ring (bicyclic) bond motifs is 2. The first-order chi connectivity index (χ1) is 21.9. The van der Waals surface area contributed by atoms with Crippen molar-refractivity contribution in [2.24, 2.45) is 0 Å². The normalized spacial score (nSPS) is 19.0. The zero-order chi connectivity index (χ0) is 32.8. The Labute approximate surface area is 270 Å². The van der Waals surface area contributed by atoms with Gasteiger partial charge in [-0.2, -0.15) is 0 Å². The van der Waals surface area contributed by atoms with E-state index in [0.29, 0.717) is 28.6 Å². The molecule has 240 valence electrons. The van der Waals surface area contributed by atoms with Gasteiger partial charge in [-0.25, -0.2) is 17.4 Å². The third kappa shape index (κ3) is 5.65. The summed E-state index contributed by atoms with van der Waals surface area (Å²) in [7, 11) is 1.43. The first-order valence-corrected chi connectivity index (χ1v) is 16.9. The lowest BCUT2D eigenvalue weighted by atomic mass is 9.89. The lowest BCUT2D eigenvalue weighted by Gasteiger charge is -2.30. The number of nitrogens with zero attached hydrogens (tertiary/aromatic N) is 4. The standard InChI is InChI=1S/C36H40N4O5S/c1-24(41)21-39(4)35(42)26-12-10-25(11-13-26)32-23-40(34-31(32)9-7-16-37-34)46(43,44)36(2)15-6-8-27(20-36)28-18-29-22-38(3)17-14-30(29)33(19-28)45-5/h6-13,16,18-20,23-24,41H,14-15,17,21-22H2,1-5H3/t24?,36-/m1/s1. The first-order valence-electron chi connectivity index (χ1n) is 15.4. The van der Waals surface area contributed by atoms with E-state index < -0.39 is 20.9 Å². The molecule has 4 aromatic rings. The molecule has 0 bridgehead atoms. The van der Waals surface area contributed by atoms with E-state index in [1.165, 1.54) is 20.0 Å². The van der Waals surface area contributed by atoms with Crippen LogP contribution >= 0.6 is 0 Å². The largest absolute Gasteiger partial charge is 0.496 e. The van der Waals surface area contributed by atoms with Gasteiger partial charge in [-0.3, -0.25) is 4.79 Å². The van der Waals surface area contributed by atoms with E-state index in [4.69, 9.17) is 4.74 Å². The molecule has 0 spiro atoms. The van der Waals surface area contributed by atoms with Crippen molar-refractivity contribution < 1.29 is 23.1 Å². The molecule has 2 aromatic heterocycles. The van der Waals surface area contributed by atoms with Gasteiger partial charge in [-0.05, 0) is 98.0 Å². The smallest absolute Gasteiger partial charge is 0.253 e. The van der Waals surface area contributed by atoms with Crippen LogP contribution in [0.4, 0.5) is 0 Å². The molecule has 0 saturated carbocycles. The minimum atomic E-state index is -4.00. The summed E-state index contributed by atoms with van der Waals surface area (Å²) < 4.78 is 35.0. The number of benzene rings is 2. The van der Waals surface area contributed by atoms with Crippen LogP contribution in [-0.4, -0.2) is 83.3 Å². The van der Waals surface area contributed by atoms with Gasteiger partial charge < -0.3 is 19.6 Å². The molecular weight excluding hydrogens is 600 g/mol. The number of pyridine rings is 1. The maximum atomic E-state index is 14.6. The Kier molecular flexibility index (Phi) is 8.39. The molecule has 1 amide bonds. The molecule has 2 aliphatic rings. The highest BCUT2D eigenvalue weighted by Crippen LogP contribution is 2.40.